The van der Waals surface area contributed by atoms with Gasteiger partial charge in [0.2, 0.25) is 5.91 Å². The van der Waals surface area contributed by atoms with E-state index in [4.69, 9.17) is 11.5 Å². The van der Waals surface area contributed by atoms with Crippen molar-refractivity contribution in [1.29, 1.82) is 0 Å². The van der Waals surface area contributed by atoms with Crippen LogP contribution in [0.3, 0.4) is 0 Å². The van der Waals surface area contributed by atoms with Crippen LogP contribution in [-0.2, 0) is 4.79 Å². The highest BCUT2D eigenvalue weighted by molar-refractivity contribution is 5.82. The van der Waals surface area contributed by atoms with Crippen molar-refractivity contribution >= 4 is 5.91 Å². The second-order valence-corrected chi connectivity index (χ2v) is 3.02. The van der Waals surface area contributed by atoms with E-state index in [0.717, 1.165) is 0 Å². The first-order valence-corrected chi connectivity index (χ1v) is 3.95. The van der Waals surface area contributed by atoms with Gasteiger partial charge in [0.25, 0.3) is 0 Å². The molecule has 4 N–H and O–H groups in total. The Kier molecular flexibility index (Phi) is 2.46. The highest BCUT2D eigenvalue weighted by Gasteiger charge is 2.29. The van der Waals surface area contributed by atoms with Crippen LogP contribution >= 0.6 is 0 Å². The van der Waals surface area contributed by atoms with E-state index in [9.17, 15) is 4.79 Å². The zero-order valence-electron chi connectivity index (χ0n) is 6.79. The highest BCUT2D eigenvalue weighted by Crippen LogP contribution is 2.07. The van der Waals surface area contributed by atoms with Gasteiger partial charge in [0.15, 0.2) is 0 Å². The molecule has 0 aromatic carbocycles. The first-order valence-electron chi connectivity index (χ1n) is 3.95. The molecule has 0 spiro atoms. The SMILES string of the molecule is CC[C@@H](N)C(=O)N1CC(N)C1. The molecule has 1 fully saturated rings. The topological polar surface area (TPSA) is 72.4 Å². The fourth-order valence-electron chi connectivity index (χ4n) is 1.10. The molecule has 11 heavy (non-hydrogen) atoms. The van der Waals surface area contributed by atoms with Gasteiger partial charge in [-0.25, -0.2) is 0 Å². The first-order chi connectivity index (χ1) is 5.15. The van der Waals surface area contributed by atoms with Crippen LogP contribution in [0.2, 0.25) is 0 Å². The highest BCUT2D eigenvalue weighted by atomic mass is 16.2. The number of carbonyl (C=O) groups is 1. The third-order valence-electron chi connectivity index (χ3n) is 1.98. The number of rotatable bonds is 2. The van der Waals surface area contributed by atoms with Crippen molar-refractivity contribution in [3.8, 4) is 0 Å². The quantitative estimate of drug-likeness (QED) is 0.534. The number of nitrogens with two attached hydrogens (primary N) is 2. The molecule has 1 heterocycles. The molecule has 1 rings (SSSR count). The van der Waals surface area contributed by atoms with Gasteiger partial charge in [-0.05, 0) is 6.42 Å². The van der Waals surface area contributed by atoms with E-state index in [0.29, 0.717) is 19.5 Å². The Bertz CT molecular complexity index is 154. The summed E-state index contributed by atoms with van der Waals surface area (Å²) in [6.45, 7) is 3.25. The van der Waals surface area contributed by atoms with E-state index in [1.54, 1.807) is 4.90 Å². The average molecular weight is 157 g/mol. The lowest BCUT2D eigenvalue weighted by atomic mass is 10.1. The molecule has 1 saturated heterocycles. The lowest BCUT2D eigenvalue weighted by Gasteiger charge is -2.38. The number of hydrogen-bond donors (Lipinski definition) is 2. The van der Waals surface area contributed by atoms with E-state index >= 15 is 0 Å². The maximum absolute atomic E-state index is 11.2. The van der Waals surface area contributed by atoms with Crippen LogP contribution in [0.1, 0.15) is 13.3 Å². The average Bonchev–Trinajstić information content (AvgIpc) is 1.96. The summed E-state index contributed by atoms with van der Waals surface area (Å²) in [5.41, 5.74) is 11.1. The minimum absolute atomic E-state index is 0.0363. The lowest BCUT2D eigenvalue weighted by Crippen LogP contribution is -2.61. The maximum atomic E-state index is 11.2. The van der Waals surface area contributed by atoms with Crippen LogP contribution in [0.15, 0.2) is 0 Å². The predicted octanol–water partition coefficient (Wildman–Crippen LogP) is -1.11. The molecule has 0 bridgehead atoms. The Hall–Kier alpha value is -0.610. The van der Waals surface area contributed by atoms with Crippen molar-refractivity contribution in [2.75, 3.05) is 13.1 Å². The van der Waals surface area contributed by atoms with Gasteiger partial charge in [0, 0.05) is 19.1 Å². The molecule has 0 aromatic heterocycles. The Morgan fingerprint density at radius 3 is 2.64 bits per heavy atom. The smallest absolute Gasteiger partial charge is 0.239 e. The van der Waals surface area contributed by atoms with Gasteiger partial charge < -0.3 is 16.4 Å². The molecular formula is C7H15N3O. The molecule has 1 atom stereocenters. The van der Waals surface area contributed by atoms with E-state index in [1.807, 2.05) is 6.92 Å². The monoisotopic (exact) mass is 157 g/mol. The number of carbonyl (C=O) groups excluding carboxylic acids is 1. The van der Waals surface area contributed by atoms with Gasteiger partial charge in [-0.3, -0.25) is 4.79 Å². The summed E-state index contributed by atoms with van der Waals surface area (Å²) in [7, 11) is 0. The Labute approximate surface area is 66.5 Å². The number of nitrogens with zero attached hydrogens (tertiary/aromatic N) is 1. The number of likely N-dealkylation sites (tertiary alicyclic amines) is 1. The third kappa shape index (κ3) is 1.70. The zero-order valence-corrected chi connectivity index (χ0v) is 6.79. The second-order valence-electron chi connectivity index (χ2n) is 3.02. The van der Waals surface area contributed by atoms with E-state index in [2.05, 4.69) is 0 Å². The van der Waals surface area contributed by atoms with Crippen LogP contribution < -0.4 is 11.5 Å². The van der Waals surface area contributed by atoms with Crippen LogP contribution in [0.25, 0.3) is 0 Å². The molecule has 4 nitrogen and oxygen atoms in total. The summed E-state index contributed by atoms with van der Waals surface area (Å²) in [4.78, 5) is 13.0. The second kappa shape index (κ2) is 3.19. The van der Waals surface area contributed by atoms with Crippen molar-refractivity contribution in [2.45, 2.75) is 25.4 Å². The molecule has 0 radical (unpaired) electrons. The molecule has 1 amide bonds. The first kappa shape index (κ1) is 8.49. The van der Waals surface area contributed by atoms with Crippen LogP contribution in [0.5, 0.6) is 0 Å². The normalized spacial score (nSPS) is 21.2. The predicted molar refractivity (Wildman–Crippen MR) is 42.8 cm³/mol. The van der Waals surface area contributed by atoms with Gasteiger partial charge in [0.05, 0.1) is 6.04 Å². The van der Waals surface area contributed by atoms with Crippen LogP contribution in [0, 0.1) is 0 Å². The molecule has 0 aliphatic carbocycles. The van der Waals surface area contributed by atoms with Gasteiger partial charge in [0.1, 0.15) is 0 Å². The summed E-state index contributed by atoms with van der Waals surface area (Å²) in [6.07, 6.45) is 0.699. The van der Waals surface area contributed by atoms with E-state index in [1.165, 1.54) is 0 Å². The standard InChI is InChI=1S/C7H15N3O/c1-2-6(9)7(11)10-3-5(8)4-10/h5-6H,2-4,8-9H2,1H3/t6-/m1/s1. The van der Waals surface area contributed by atoms with Gasteiger partial charge in [-0.1, -0.05) is 6.92 Å². The third-order valence-corrected chi connectivity index (χ3v) is 1.98. The molecular weight excluding hydrogens is 142 g/mol. The molecule has 1 aliphatic rings. The minimum Gasteiger partial charge on any atom is -0.338 e. The van der Waals surface area contributed by atoms with Gasteiger partial charge in [-0.2, -0.15) is 0 Å². The summed E-state index contributed by atoms with van der Waals surface area (Å²) >= 11 is 0. The van der Waals surface area contributed by atoms with Crippen molar-refractivity contribution in [3.05, 3.63) is 0 Å². The fraction of sp³-hybridized carbons (Fsp3) is 0.857. The molecule has 4 heteroatoms. The van der Waals surface area contributed by atoms with Crippen molar-refractivity contribution in [1.82, 2.24) is 4.90 Å². The van der Waals surface area contributed by atoms with Crippen LogP contribution in [-0.4, -0.2) is 36.0 Å². The van der Waals surface area contributed by atoms with Gasteiger partial charge >= 0.3 is 0 Å². The Morgan fingerprint density at radius 2 is 2.27 bits per heavy atom. The summed E-state index contributed by atoms with van der Waals surface area (Å²) in [5, 5.41) is 0. The molecule has 0 aromatic rings. The number of hydrogen-bond acceptors (Lipinski definition) is 3. The van der Waals surface area contributed by atoms with Crippen LogP contribution in [0.4, 0.5) is 0 Å². The molecule has 0 unspecified atom stereocenters. The van der Waals surface area contributed by atoms with E-state index in [-0.39, 0.29) is 18.0 Å². The summed E-state index contributed by atoms with van der Waals surface area (Å²) in [5.74, 6) is 0.0363. The van der Waals surface area contributed by atoms with Crippen molar-refractivity contribution < 1.29 is 4.79 Å². The molecule has 0 saturated carbocycles. The fourth-order valence-corrected chi connectivity index (χ4v) is 1.10. The molecule has 64 valence electrons. The Morgan fingerprint density at radius 1 is 1.73 bits per heavy atom. The van der Waals surface area contributed by atoms with Gasteiger partial charge in [-0.15, -0.1) is 0 Å². The van der Waals surface area contributed by atoms with Crippen molar-refractivity contribution in [2.24, 2.45) is 11.5 Å². The Balaban J connectivity index is 2.31. The number of amides is 1. The largest absolute Gasteiger partial charge is 0.338 e. The zero-order chi connectivity index (χ0) is 8.43. The minimum atomic E-state index is -0.331. The summed E-state index contributed by atoms with van der Waals surface area (Å²) in [6, 6.07) is -0.162. The molecule has 1 aliphatic heterocycles. The summed E-state index contributed by atoms with van der Waals surface area (Å²) < 4.78 is 0. The van der Waals surface area contributed by atoms with E-state index < -0.39 is 0 Å². The van der Waals surface area contributed by atoms with Crippen molar-refractivity contribution in [3.63, 3.8) is 0 Å². The lowest BCUT2D eigenvalue weighted by molar-refractivity contribution is -0.136. The maximum Gasteiger partial charge on any atom is 0.239 e.